The molecular weight excluding hydrogens is 300 g/mol. The molecule has 0 spiro atoms. The predicted molar refractivity (Wildman–Crippen MR) is 97.5 cm³/mol. The van der Waals surface area contributed by atoms with Crippen LogP contribution < -0.4 is 0 Å². The lowest BCUT2D eigenvalue weighted by Crippen LogP contribution is -2.48. The minimum atomic E-state index is -1.46. The third-order valence-corrected chi connectivity index (χ3v) is 4.04. The lowest BCUT2D eigenvalue weighted by molar-refractivity contribution is 0.00384. The van der Waals surface area contributed by atoms with Crippen molar-refractivity contribution in [3.8, 4) is 0 Å². The molecule has 0 atom stereocenters. The fourth-order valence-electron chi connectivity index (χ4n) is 2.69. The summed E-state index contributed by atoms with van der Waals surface area (Å²) in [6.07, 6.45) is 2.00. The zero-order chi connectivity index (χ0) is 16.7. The second-order valence-corrected chi connectivity index (χ2v) is 5.52. The van der Waals surface area contributed by atoms with Crippen LogP contribution in [0.4, 0.5) is 0 Å². The number of ether oxygens (including phenoxy) is 1. The van der Waals surface area contributed by atoms with Gasteiger partial charge in [-0.3, -0.25) is 9.59 Å². The lowest BCUT2D eigenvalue weighted by atomic mass is 9.81. The third-order valence-electron chi connectivity index (χ3n) is 4.04. The maximum absolute atomic E-state index is 13.1. The maximum Gasteiger partial charge on any atom is 0.202 e. The van der Waals surface area contributed by atoms with Crippen molar-refractivity contribution in [3.63, 3.8) is 0 Å². The highest BCUT2D eigenvalue weighted by molar-refractivity contribution is 6.22. The monoisotopic (exact) mass is 326 g/mol. The molecule has 0 aromatic heterocycles. The Morgan fingerprint density at radius 1 is 0.875 bits per heavy atom. The van der Waals surface area contributed by atoms with Gasteiger partial charge in [-0.05, 0) is 12.8 Å². The molecule has 2 aromatic rings. The Hall–Kier alpha value is -2.26. The van der Waals surface area contributed by atoms with E-state index in [0.29, 0.717) is 17.5 Å². The molecule has 0 amide bonds. The van der Waals surface area contributed by atoms with Crippen molar-refractivity contribution in [1.29, 1.82) is 0 Å². The van der Waals surface area contributed by atoms with Crippen molar-refractivity contribution in [3.05, 3.63) is 71.8 Å². The Bertz CT molecular complexity index is 596. The van der Waals surface area contributed by atoms with Gasteiger partial charge < -0.3 is 4.74 Å². The Kier molecular flexibility index (Phi) is 7.53. The molecule has 0 fully saturated rings. The highest BCUT2D eigenvalue weighted by Gasteiger charge is 2.45. The van der Waals surface area contributed by atoms with Crippen LogP contribution in [0.1, 0.15) is 54.3 Å². The fourth-order valence-corrected chi connectivity index (χ4v) is 2.69. The second kappa shape index (κ2) is 9.14. The Labute approximate surface area is 144 Å². The molecule has 0 aliphatic rings. The van der Waals surface area contributed by atoms with Gasteiger partial charge in [0.15, 0.2) is 5.60 Å². The minimum Gasteiger partial charge on any atom is -0.362 e. The zero-order valence-corrected chi connectivity index (χ0v) is 13.6. The van der Waals surface area contributed by atoms with Gasteiger partial charge in [-0.15, -0.1) is 0 Å². The third kappa shape index (κ3) is 3.98. The number of Topliss-reactive ketones (excluding diaryl/α,β-unsaturated/α-hetero) is 2. The van der Waals surface area contributed by atoms with Crippen molar-refractivity contribution in [2.45, 2.75) is 39.2 Å². The molecule has 3 heteroatoms. The van der Waals surface area contributed by atoms with E-state index in [1.807, 2.05) is 19.1 Å². The van der Waals surface area contributed by atoms with Crippen LogP contribution in [0.15, 0.2) is 60.7 Å². The van der Waals surface area contributed by atoms with Crippen LogP contribution in [0.5, 0.6) is 0 Å². The quantitative estimate of drug-likeness (QED) is 0.508. The molecule has 0 N–H and O–H groups in total. The fraction of sp³-hybridized carbons (Fsp3) is 0.333. The van der Waals surface area contributed by atoms with Gasteiger partial charge in [0, 0.05) is 18.2 Å². The summed E-state index contributed by atoms with van der Waals surface area (Å²) in [7, 11) is 1.44. The van der Waals surface area contributed by atoms with Gasteiger partial charge in [-0.25, -0.2) is 0 Å². The van der Waals surface area contributed by atoms with Crippen LogP contribution in [-0.2, 0) is 4.74 Å². The summed E-state index contributed by atoms with van der Waals surface area (Å²) in [5, 5.41) is 0. The molecule has 3 nitrogen and oxygen atoms in total. The normalized spacial score (nSPS) is 10.8. The van der Waals surface area contributed by atoms with Crippen molar-refractivity contribution >= 4 is 11.6 Å². The Morgan fingerprint density at radius 3 is 1.62 bits per heavy atom. The summed E-state index contributed by atoms with van der Waals surface area (Å²) in [6, 6.07) is 17.7. The van der Waals surface area contributed by atoms with E-state index in [9.17, 15) is 9.59 Å². The van der Waals surface area contributed by atoms with Gasteiger partial charge in [0.2, 0.25) is 11.6 Å². The number of ketones is 2. The van der Waals surface area contributed by atoms with E-state index < -0.39 is 5.60 Å². The zero-order valence-electron chi connectivity index (χ0n) is 13.6. The molecule has 0 radical (unpaired) electrons. The summed E-state index contributed by atoms with van der Waals surface area (Å²) in [6.45, 7) is 2.03. The van der Waals surface area contributed by atoms with Crippen molar-refractivity contribution in [2.75, 3.05) is 7.11 Å². The number of hydrogen-bond donors (Lipinski definition) is 0. The Morgan fingerprint density at radius 2 is 1.29 bits per heavy atom. The van der Waals surface area contributed by atoms with E-state index in [2.05, 4.69) is 0 Å². The molecule has 0 aliphatic heterocycles. The number of carbonyl (C=O) groups is 2. The first-order valence-electron chi connectivity index (χ1n) is 7.90. The van der Waals surface area contributed by atoms with E-state index in [0.717, 1.165) is 12.8 Å². The molecule has 0 saturated heterocycles. The average molecular weight is 326 g/mol. The predicted octanol–water partition coefficient (Wildman–Crippen LogP) is 4.96. The standard InChI is InChI=1S/C20H22O3.CH4/c1-3-4-15-20(23-2,18(21)16-11-7-5-8-12-16)19(22)17-13-9-6-10-14-17;/h5-14H,3-4,15H2,1-2H3;1H4. The van der Waals surface area contributed by atoms with Gasteiger partial charge in [-0.2, -0.15) is 0 Å². The SMILES string of the molecule is C.CCCCC(OC)(C(=O)c1ccccc1)C(=O)c1ccccc1. The molecule has 128 valence electrons. The number of unbranched alkanes of at least 4 members (excludes halogenated alkanes) is 1. The molecular formula is C21H26O3. The summed E-state index contributed by atoms with van der Waals surface area (Å²) >= 11 is 0. The average Bonchev–Trinajstić information content (AvgIpc) is 2.63. The smallest absolute Gasteiger partial charge is 0.202 e. The lowest BCUT2D eigenvalue weighted by Gasteiger charge is -2.29. The molecule has 24 heavy (non-hydrogen) atoms. The second-order valence-electron chi connectivity index (χ2n) is 5.52. The van der Waals surface area contributed by atoms with Crippen LogP contribution in [0.2, 0.25) is 0 Å². The first kappa shape index (κ1) is 19.8. The summed E-state index contributed by atoms with van der Waals surface area (Å²) in [4.78, 5) is 26.1. The van der Waals surface area contributed by atoms with Crippen molar-refractivity contribution in [1.82, 2.24) is 0 Å². The molecule has 2 aromatic carbocycles. The molecule has 0 unspecified atom stereocenters. The van der Waals surface area contributed by atoms with Crippen molar-refractivity contribution < 1.29 is 14.3 Å². The summed E-state index contributed by atoms with van der Waals surface area (Å²) in [5.74, 6) is -0.550. The van der Waals surface area contributed by atoms with Crippen LogP contribution in [-0.4, -0.2) is 24.3 Å². The van der Waals surface area contributed by atoms with Crippen LogP contribution in [0.25, 0.3) is 0 Å². The molecule has 2 rings (SSSR count). The molecule has 0 bridgehead atoms. The van der Waals surface area contributed by atoms with E-state index in [4.69, 9.17) is 4.74 Å². The molecule has 0 saturated carbocycles. The van der Waals surface area contributed by atoms with Gasteiger partial charge in [0.1, 0.15) is 0 Å². The first-order chi connectivity index (χ1) is 11.2. The van der Waals surface area contributed by atoms with E-state index >= 15 is 0 Å². The maximum atomic E-state index is 13.1. The number of hydrogen-bond acceptors (Lipinski definition) is 3. The summed E-state index contributed by atoms with van der Waals surface area (Å²) < 4.78 is 5.57. The molecule has 0 heterocycles. The molecule has 0 aliphatic carbocycles. The summed E-state index contributed by atoms with van der Waals surface area (Å²) in [5.41, 5.74) is -0.469. The topological polar surface area (TPSA) is 43.4 Å². The minimum absolute atomic E-state index is 0. The van der Waals surface area contributed by atoms with Gasteiger partial charge in [0.25, 0.3) is 0 Å². The number of carbonyl (C=O) groups excluding carboxylic acids is 2. The number of rotatable bonds is 8. The number of methoxy groups -OCH3 is 1. The van der Waals surface area contributed by atoms with E-state index in [1.54, 1.807) is 48.5 Å². The highest BCUT2D eigenvalue weighted by atomic mass is 16.5. The van der Waals surface area contributed by atoms with Gasteiger partial charge in [0.05, 0.1) is 0 Å². The van der Waals surface area contributed by atoms with Gasteiger partial charge in [-0.1, -0.05) is 81.4 Å². The highest BCUT2D eigenvalue weighted by Crippen LogP contribution is 2.28. The van der Waals surface area contributed by atoms with E-state index in [-0.39, 0.29) is 19.0 Å². The van der Waals surface area contributed by atoms with Crippen LogP contribution in [0.3, 0.4) is 0 Å². The van der Waals surface area contributed by atoms with Crippen LogP contribution >= 0.6 is 0 Å². The largest absolute Gasteiger partial charge is 0.362 e. The van der Waals surface area contributed by atoms with Gasteiger partial charge >= 0.3 is 0 Å². The Balaban J connectivity index is 0.00000288. The number of benzene rings is 2. The van der Waals surface area contributed by atoms with Crippen LogP contribution in [0, 0.1) is 0 Å². The van der Waals surface area contributed by atoms with E-state index in [1.165, 1.54) is 7.11 Å². The first-order valence-corrected chi connectivity index (χ1v) is 7.90. The van der Waals surface area contributed by atoms with Crippen molar-refractivity contribution in [2.24, 2.45) is 0 Å².